The molecule has 2 N–H and O–H groups in total. The standard InChI is InChI=1S/C17H16F2N2O/c18-17(19)9-10-21(15-4-2-1-3-13(15)11-17)16(22)12-5-7-14(20)8-6-12/h1-8H,9-11,20H2. The summed E-state index contributed by atoms with van der Waals surface area (Å²) in [5.74, 6) is -3.09. The smallest absolute Gasteiger partial charge is 0.258 e. The van der Waals surface area contributed by atoms with Gasteiger partial charge in [-0.2, -0.15) is 0 Å². The molecule has 0 saturated carbocycles. The van der Waals surface area contributed by atoms with Gasteiger partial charge in [0.15, 0.2) is 0 Å². The van der Waals surface area contributed by atoms with Crippen molar-refractivity contribution in [2.75, 3.05) is 17.2 Å². The number of anilines is 2. The average molecular weight is 302 g/mol. The van der Waals surface area contributed by atoms with Crippen molar-refractivity contribution in [2.45, 2.75) is 18.8 Å². The minimum Gasteiger partial charge on any atom is -0.399 e. The molecule has 0 fully saturated rings. The summed E-state index contributed by atoms with van der Waals surface area (Å²) in [4.78, 5) is 14.1. The molecular weight excluding hydrogens is 286 g/mol. The monoisotopic (exact) mass is 302 g/mol. The van der Waals surface area contributed by atoms with Crippen molar-refractivity contribution in [1.82, 2.24) is 0 Å². The summed E-state index contributed by atoms with van der Waals surface area (Å²) in [6, 6.07) is 13.3. The van der Waals surface area contributed by atoms with Crippen LogP contribution in [0.5, 0.6) is 0 Å². The second-order valence-corrected chi connectivity index (χ2v) is 5.49. The first kappa shape index (κ1) is 14.5. The van der Waals surface area contributed by atoms with E-state index < -0.39 is 5.92 Å². The van der Waals surface area contributed by atoms with E-state index >= 15 is 0 Å². The first-order chi connectivity index (χ1) is 10.5. The Balaban J connectivity index is 2.00. The summed E-state index contributed by atoms with van der Waals surface area (Å²) in [5, 5.41) is 0. The molecule has 114 valence electrons. The van der Waals surface area contributed by atoms with Gasteiger partial charge in [-0.3, -0.25) is 4.79 Å². The highest BCUT2D eigenvalue weighted by atomic mass is 19.3. The quantitative estimate of drug-likeness (QED) is 0.820. The molecule has 0 aliphatic carbocycles. The molecule has 5 heteroatoms. The van der Waals surface area contributed by atoms with Gasteiger partial charge in [-0.25, -0.2) is 8.78 Å². The molecule has 0 bridgehead atoms. The van der Waals surface area contributed by atoms with Crippen LogP contribution in [0.1, 0.15) is 22.3 Å². The minimum absolute atomic E-state index is 0.00672. The van der Waals surface area contributed by atoms with Gasteiger partial charge in [0.2, 0.25) is 0 Å². The predicted octanol–water partition coefficient (Wildman–Crippen LogP) is 3.50. The van der Waals surface area contributed by atoms with E-state index in [0.717, 1.165) is 0 Å². The maximum atomic E-state index is 13.9. The zero-order valence-electron chi connectivity index (χ0n) is 11.9. The van der Waals surface area contributed by atoms with Crippen molar-refractivity contribution in [1.29, 1.82) is 0 Å². The highest BCUT2D eigenvalue weighted by Gasteiger charge is 2.36. The number of nitrogens with two attached hydrogens (primary N) is 1. The number of halogens is 2. The first-order valence-electron chi connectivity index (χ1n) is 7.09. The lowest BCUT2D eigenvalue weighted by molar-refractivity contribution is -0.00277. The van der Waals surface area contributed by atoms with Crippen LogP contribution in [-0.2, 0) is 6.42 Å². The summed E-state index contributed by atoms with van der Waals surface area (Å²) in [7, 11) is 0. The largest absolute Gasteiger partial charge is 0.399 e. The van der Waals surface area contributed by atoms with Crippen LogP contribution < -0.4 is 10.6 Å². The van der Waals surface area contributed by atoms with Crippen molar-refractivity contribution in [3.63, 3.8) is 0 Å². The molecule has 0 unspecified atom stereocenters. The lowest BCUT2D eigenvalue weighted by atomic mass is 10.1. The van der Waals surface area contributed by atoms with Gasteiger partial charge < -0.3 is 10.6 Å². The van der Waals surface area contributed by atoms with Crippen LogP contribution in [0.15, 0.2) is 48.5 Å². The number of nitrogen functional groups attached to an aromatic ring is 1. The number of carbonyl (C=O) groups excluding carboxylic acids is 1. The molecule has 2 aromatic rings. The molecule has 0 spiro atoms. The topological polar surface area (TPSA) is 46.3 Å². The van der Waals surface area contributed by atoms with E-state index in [0.29, 0.717) is 22.5 Å². The van der Waals surface area contributed by atoms with Gasteiger partial charge in [0.1, 0.15) is 0 Å². The Morgan fingerprint density at radius 3 is 2.50 bits per heavy atom. The van der Waals surface area contributed by atoms with Gasteiger partial charge in [0.25, 0.3) is 11.8 Å². The van der Waals surface area contributed by atoms with E-state index in [-0.39, 0.29) is 25.3 Å². The molecule has 0 aromatic heterocycles. The van der Waals surface area contributed by atoms with Crippen LogP contribution in [0.3, 0.4) is 0 Å². The SMILES string of the molecule is Nc1ccc(C(=O)N2CCC(F)(F)Cc3ccccc32)cc1. The van der Waals surface area contributed by atoms with Gasteiger partial charge >= 0.3 is 0 Å². The number of nitrogens with zero attached hydrogens (tertiary/aromatic N) is 1. The third-order valence-electron chi connectivity index (χ3n) is 3.84. The zero-order valence-corrected chi connectivity index (χ0v) is 11.9. The fraction of sp³-hybridized carbons (Fsp3) is 0.235. The van der Waals surface area contributed by atoms with Crippen molar-refractivity contribution >= 4 is 17.3 Å². The summed E-state index contributed by atoms with van der Waals surface area (Å²) in [5.41, 5.74) is 7.66. The summed E-state index contributed by atoms with van der Waals surface area (Å²) in [6.07, 6.45) is -0.683. The summed E-state index contributed by atoms with van der Waals surface area (Å²) in [6.45, 7) is -0.00672. The van der Waals surface area contributed by atoms with Gasteiger partial charge in [-0.05, 0) is 35.9 Å². The van der Waals surface area contributed by atoms with Crippen molar-refractivity contribution in [3.05, 3.63) is 59.7 Å². The molecule has 1 aliphatic heterocycles. The van der Waals surface area contributed by atoms with E-state index in [1.807, 2.05) is 0 Å². The molecule has 0 atom stereocenters. The minimum atomic E-state index is -2.80. The number of para-hydroxylation sites is 1. The second kappa shape index (κ2) is 5.40. The van der Waals surface area contributed by atoms with Crippen molar-refractivity contribution in [2.24, 2.45) is 0 Å². The molecule has 2 aromatic carbocycles. The van der Waals surface area contributed by atoms with Crippen LogP contribution in [0.2, 0.25) is 0 Å². The Hall–Kier alpha value is -2.43. The molecule has 3 nitrogen and oxygen atoms in total. The predicted molar refractivity (Wildman–Crippen MR) is 82.2 cm³/mol. The fourth-order valence-corrected chi connectivity index (χ4v) is 2.68. The number of hydrogen-bond donors (Lipinski definition) is 1. The third kappa shape index (κ3) is 2.79. The first-order valence-corrected chi connectivity index (χ1v) is 7.09. The number of fused-ring (bicyclic) bond motifs is 1. The molecule has 0 saturated heterocycles. The van der Waals surface area contributed by atoms with E-state index in [1.54, 1.807) is 48.5 Å². The number of amides is 1. The maximum Gasteiger partial charge on any atom is 0.258 e. The molecule has 3 rings (SSSR count). The normalized spacial score (nSPS) is 16.7. The van der Waals surface area contributed by atoms with Crippen molar-refractivity contribution in [3.8, 4) is 0 Å². The molecular formula is C17H16F2N2O. The van der Waals surface area contributed by atoms with E-state index in [9.17, 15) is 13.6 Å². The number of rotatable bonds is 1. The van der Waals surface area contributed by atoms with E-state index in [1.165, 1.54) is 4.90 Å². The van der Waals surface area contributed by atoms with Crippen LogP contribution in [0.4, 0.5) is 20.2 Å². The Kier molecular flexibility index (Phi) is 3.56. The highest BCUT2D eigenvalue weighted by molar-refractivity contribution is 6.06. The Morgan fingerprint density at radius 1 is 1.09 bits per heavy atom. The Bertz CT molecular complexity index is 698. The average Bonchev–Trinajstić information content (AvgIpc) is 2.62. The summed E-state index contributed by atoms with van der Waals surface area (Å²) < 4.78 is 27.8. The van der Waals surface area contributed by atoms with Crippen LogP contribution in [0.25, 0.3) is 0 Å². The summed E-state index contributed by atoms with van der Waals surface area (Å²) >= 11 is 0. The number of hydrogen-bond acceptors (Lipinski definition) is 2. The number of carbonyl (C=O) groups is 1. The highest BCUT2D eigenvalue weighted by Crippen LogP contribution is 2.34. The molecule has 22 heavy (non-hydrogen) atoms. The van der Waals surface area contributed by atoms with Crippen molar-refractivity contribution < 1.29 is 13.6 Å². The number of alkyl halides is 2. The zero-order chi connectivity index (χ0) is 15.7. The lowest BCUT2D eigenvalue weighted by Crippen LogP contribution is -2.33. The third-order valence-corrected chi connectivity index (χ3v) is 3.84. The van der Waals surface area contributed by atoms with Crippen LogP contribution in [0, 0.1) is 0 Å². The molecule has 1 aliphatic rings. The second-order valence-electron chi connectivity index (χ2n) is 5.49. The van der Waals surface area contributed by atoms with Crippen LogP contribution in [-0.4, -0.2) is 18.4 Å². The van der Waals surface area contributed by atoms with E-state index in [2.05, 4.69) is 0 Å². The molecule has 0 radical (unpaired) electrons. The molecule has 1 amide bonds. The Morgan fingerprint density at radius 2 is 1.77 bits per heavy atom. The fourth-order valence-electron chi connectivity index (χ4n) is 2.68. The van der Waals surface area contributed by atoms with Gasteiger partial charge in [-0.1, -0.05) is 18.2 Å². The van der Waals surface area contributed by atoms with E-state index in [4.69, 9.17) is 5.73 Å². The number of benzene rings is 2. The van der Waals surface area contributed by atoms with Crippen LogP contribution >= 0.6 is 0 Å². The Labute approximate surface area is 127 Å². The van der Waals surface area contributed by atoms with Gasteiger partial charge in [0.05, 0.1) is 0 Å². The molecule has 1 heterocycles. The maximum absolute atomic E-state index is 13.9. The lowest BCUT2D eigenvalue weighted by Gasteiger charge is -2.23. The van der Waals surface area contributed by atoms with Gasteiger partial charge in [-0.15, -0.1) is 0 Å². The van der Waals surface area contributed by atoms with Gasteiger partial charge in [0, 0.05) is 36.3 Å².